The molecule has 1 aliphatic rings. The summed E-state index contributed by atoms with van der Waals surface area (Å²) in [5.41, 5.74) is 3.18. The molecule has 0 bridgehead atoms. The highest BCUT2D eigenvalue weighted by molar-refractivity contribution is 5.99. The van der Waals surface area contributed by atoms with Crippen molar-refractivity contribution in [1.82, 2.24) is 4.90 Å². The van der Waals surface area contributed by atoms with E-state index in [4.69, 9.17) is 9.47 Å². The Bertz CT molecular complexity index is 886. The molecule has 0 saturated carbocycles. The van der Waals surface area contributed by atoms with Gasteiger partial charge in [-0.1, -0.05) is 12.1 Å². The van der Waals surface area contributed by atoms with E-state index in [-0.39, 0.29) is 17.7 Å². The third kappa shape index (κ3) is 4.53. The molecular formula is C23H28N2O4. The first-order chi connectivity index (χ1) is 13.9. The van der Waals surface area contributed by atoms with Gasteiger partial charge in [-0.25, -0.2) is 4.79 Å². The maximum atomic E-state index is 13.1. The van der Waals surface area contributed by atoms with Crippen molar-refractivity contribution in [2.75, 3.05) is 32.6 Å². The molecule has 0 aromatic heterocycles. The summed E-state index contributed by atoms with van der Waals surface area (Å²) in [5.74, 6) is 1.28. The summed E-state index contributed by atoms with van der Waals surface area (Å²) in [6.07, 6.45) is 1.57. The number of Topliss-reactive ketones (excluding diaryl/α,β-unsaturated/α-hetero) is 1. The van der Waals surface area contributed by atoms with E-state index in [9.17, 15) is 9.59 Å². The number of amides is 2. The van der Waals surface area contributed by atoms with Crippen LogP contribution in [-0.4, -0.2) is 44.0 Å². The number of carbonyl (C=O) groups is 2. The molecule has 0 spiro atoms. The second kappa shape index (κ2) is 8.99. The van der Waals surface area contributed by atoms with Gasteiger partial charge in [0.2, 0.25) is 0 Å². The fourth-order valence-electron chi connectivity index (χ4n) is 3.97. The van der Waals surface area contributed by atoms with E-state index in [1.807, 2.05) is 38.1 Å². The topological polar surface area (TPSA) is 67.9 Å². The predicted molar refractivity (Wildman–Crippen MR) is 113 cm³/mol. The molecule has 1 heterocycles. The van der Waals surface area contributed by atoms with Crippen molar-refractivity contribution >= 4 is 17.5 Å². The number of methoxy groups -OCH3 is 2. The van der Waals surface area contributed by atoms with E-state index >= 15 is 0 Å². The molecule has 0 aliphatic carbocycles. The molecule has 29 heavy (non-hydrogen) atoms. The number of ether oxygens (including phenoxy) is 2. The standard InChI is InChI=1S/C23H28N2O4/c1-15-12-18(13-16(2)22(15)29-4)21(26)17-8-7-11-25(14-17)23(27)24-19-9-5-6-10-20(19)28-3/h5-6,9-10,12-13,17H,7-8,11,14H2,1-4H3,(H,24,27). The molecule has 1 saturated heterocycles. The highest BCUT2D eigenvalue weighted by atomic mass is 16.5. The second-order valence-corrected chi connectivity index (χ2v) is 7.42. The predicted octanol–water partition coefficient (Wildman–Crippen LogP) is 4.45. The van der Waals surface area contributed by atoms with E-state index in [1.165, 1.54) is 0 Å². The molecular weight excluding hydrogens is 368 g/mol. The van der Waals surface area contributed by atoms with Crippen LogP contribution in [0, 0.1) is 19.8 Å². The van der Waals surface area contributed by atoms with Crippen molar-refractivity contribution in [3.05, 3.63) is 53.1 Å². The molecule has 2 aromatic carbocycles. The van der Waals surface area contributed by atoms with Crippen molar-refractivity contribution in [1.29, 1.82) is 0 Å². The maximum absolute atomic E-state index is 13.1. The minimum atomic E-state index is -0.214. The fraction of sp³-hybridized carbons (Fsp3) is 0.391. The Morgan fingerprint density at radius 1 is 1.07 bits per heavy atom. The third-order valence-electron chi connectivity index (χ3n) is 5.38. The van der Waals surface area contributed by atoms with Crippen molar-refractivity contribution in [2.45, 2.75) is 26.7 Å². The highest BCUT2D eigenvalue weighted by Gasteiger charge is 2.30. The Morgan fingerprint density at radius 2 is 1.76 bits per heavy atom. The molecule has 1 fully saturated rings. The lowest BCUT2D eigenvalue weighted by molar-refractivity contribution is 0.0851. The van der Waals surface area contributed by atoms with Crippen LogP contribution in [0.3, 0.4) is 0 Å². The molecule has 154 valence electrons. The number of urea groups is 1. The lowest BCUT2D eigenvalue weighted by Crippen LogP contribution is -2.44. The average molecular weight is 396 g/mol. The number of aryl methyl sites for hydroxylation is 2. The summed E-state index contributed by atoms with van der Waals surface area (Å²) in [7, 11) is 3.20. The monoisotopic (exact) mass is 396 g/mol. The fourth-order valence-corrected chi connectivity index (χ4v) is 3.97. The van der Waals surface area contributed by atoms with Gasteiger partial charge in [-0.3, -0.25) is 4.79 Å². The largest absolute Gasteiger partial charge is 0.496 e. The lowest BCUT2D eigenvalue weighted by atomic mass is 9.89. The van der Waals surface area contributed by atoms with Crippen LogP contribution in [0.2, 0.25) is 0 Å². The lowest BCUT2D eigenvalue weighted by Gasteiger charge is -2.32. The average Bonchev–Trinajstić information content (AvgIpc) is 2.73. The van der Waals surface area contributed by atoms with Gasteiger partial charge in [-0.05, 0) is 62.1 Å². The van der Waals surface area contributed by atoms with E-state index in [0.717, 1.165) is 29.7 Å². The van der Waals surface area contributed by atoms with Crippen molar-refractivity contribution in [3.8, 4) is 11.5 Å². The Labute approximate surface area is 171 Å². The smallest absolute Gasteiger partial charge is 0.321 e. The number of likely N-dealkylation sites (tertiary alicyclic amines) is 1. The Hall–Kier alpha value is -3.02. The van der Waals surface area contributed by atoms with E-state index in [2.05, 4.69) is 5.32 Å². The number of benzene rings is 2. The van der Waals surface area contributed by atoms with Gasteiger partial charge >= 0.3 is 6.03 Å². The van der Waals surface area contributed by atoms with Gasteiger partial charge < -0.3 is 19.7 Å². The number of para-hydroxylation sites is 2. The number of hydrogen-bond donors (Lipinski definition) is 1. The van der Waals surface area contributed by atoms with Crippen LogP contribution in [0.15, 0.2) is 36.4 Å². The third-order valence-corrected chi connectivity index (χ3v) is 5.38. The van der Waals surface area contributed by atoms with Gasteiger partial charge in [0.15, 0.2) is 5.78 Å². The van der Waals surface area contributed by atoms with Gasteiger partial charge in [-0.15, -0.1) is 0 Å². The first-order valence-corrected chi connectivity index (χ1v) is 9.83. The van der Waals surface area contributed by atoms with Gasteiger partial charge in [0.25, 0.3) is 0 Å². The summed E-state index contributed by atoms with van der Waals surface area (Å²) < 4.78 is 10.7. The first kappa shape index (κ1) is 20.7. The van der Waals surface area contributed by atoms with Crippen LogP contribution in [-0.2, 0) is 0 Å². The molecule has 1 atom stereocenters. The van der Waals surface area contributed by atoms with Crippen LogP contribution in [0.4, 0.5) is 10.5 Å². The molecule has 1 unspecified atom stereocenters. The van der Waals surface area contributed by atoms with Crippen LogP contribution >= 0.6 is 0 Å². The molecule has 1 N–H and O–H groups in total. The molecule has 2 amide bonds. The Kier molecular flexibility index (Phi) is 6.42. The number of piperidine rings is 1. The summed E-state index contributed by atoms with van der Waals surface area (Å²) in [6, 6.07) is 10.8. The minimum absolute atomic E-state index is 0.0774. The summed E-state index contributed by atoms with van der Waals surface area (Å²) in [4.78, 5) is 27.6. The maximum Gasteiger partial charge on any atom is 0.321 e. The normalized spacial score (nSPS) is 16.3. The molecule has 2 aromatic rings. The van der Waals surface area contributed by atoms with Crippen molar-refractivity contribution in [3.63, 3.8) is 0 Å². The number of nitrogens with one attached hydrogen (secondary N) is 1. The first-order valence-electron chi connectivity index (χ1n) is 9.83. The van der Waals surface area contributed by atoms with E-state index < -0.39 is 0 Å². The van der Waals surface area contributed by atoms with Gasteiger partial charge in [0.05, 0.1) is 19.9 Å². The number of carbonyl (C=O) groups excluding carboxylic acids is 2. The van der Waals surface area contributed by atoms with Crippen LogP contribution in [0.25, 0.3) is 0 Å². The Balaban J connectivity index is 1.71. The van der Waals surface area contributed by atoms with Crippen LogP contribution in [0.1, 0.15) is 34.3 Å². The molecule has 1 aliphatic heterocycles. The van der Waals surface area contributed by atoms with Crippen LogP contribution in [0.5, 0.6) is 11.5 Å². The number of hydrogen-bond acceptors (Lipinski definition) is 4. The van der Waals surface area contributed by atoms with E-state index in [0.29, 0.717) is 30.1 Å². The minimum Gasteiger partial charge on any atom is -0.496 e. The highest BCUT2D eigenvalue weighted by Crippen LogP contribution is 2.28. The zero-order valence-corrected chi connectivity index (χ0v) is 17.5. The quantitative estimate of drug-likeness (QED) is 0.759. The molecule has 6 nitrogen and oxygen atoms in total. The van der Waals surface area contributed by atoms with E-state index in [1.54, 1.807) is 31.3 Å². The second-order valence-electron chi connectivity index (χ2n) is 7.42. The zero-order valence-electron chi connectivity index (χ0n) is 17.5. The van der Waals surface area contributed by atoms with Gasteiger partial charge in [-0.2, -0.15) is 0 Å². The molecule has 3 rings (SSSR count). The SMILES string of the molecule is COc1ccccc1NC(=O)N1CCCC(C(=O)c2cc(C)c(OC)c(C)c2)C1. The van der Waals surface area contributed by atoms with Crippen LogP contribution < -0.4 is 14.8 Å². The van der Waals surface area contributed by atoms with Gasteiger partial charge in [0, 0.05) is 24.6 Å². The molecule has 0 radical (unpaired) electrons. The number of anilines is 1. The number of ketones is 1. The Morgan fingerprint density at radius 3 is 2.41 bits per heavy atom. The summed E-state index contributed by atoms with van der Waals surface area (Å²) >= 11 is 0. The van der Waals surface area contributed by atoms with Gasteiger partial charge in [0.1, 0.15) is 11.5 Å². The number of nitrogens with zero attached hydrogens (tertiary/aromatic N) is 1. The zero-order chi connectivity index (χ0) is 21.0. The number of rotatable bonds is 5. The molecule has 6 heteroatoms. The summed E-state index contributed by atoms with van der Waals surface area (Å²) in [6.45, 7) is 4.92. The van der Waals surface area contributed by atoms with Crippen molar-refractivity contribution < 1.29 is 19.1 Å². The summed E-state index contributed by atoms with van der Waals surface area (Å²) in [5, 5.41) is 2.90. The van der Waals surface area contributed by atoms with Crippen molar-refractivity contribution in [2.24, 2.45) is 5.92 Å².